The van der Waals surface area contributed by atoms with E-state index in [4.69, 9.17) is 16.1 Å². The predicted molar refractivity (Wildman–Crippen MR) is 79.2 cm³/mol. The number of thiazole rings is 1. The predicted octanol–water partition coefficient (Wildman–Crippen LogP) is 4.48. The molecule has 0 aliphatic heterocycles. The summed E-state index contributed by atoms with van der Waals surface area (Å²) in [5, 5.41) is 7.18. The van der Waals surface area contributed by atoms with E-state index in [0.717, 1.165) is 6.20 Å². The van der Waals surface area contributed by atoms with E-state index in [2.05, 4.69) is 20.4 Å². The first kappa shape index (κ1) is 15.8. The fourth-order valence-corrected chi connectivity index (χ4v) is 2.58. The summed E-state index contributed by atoms with van der Waals surface area (Å²) in [5.41, 5.74) is 0.682. The summed E-state index contributed by atoms with van der Waals surface area (Å²) in [6.45, 7) is 0.0678. The normalized spacial score (nSPS) is 11.7. The number of halogens is 4. The van der Waals surface area contributed by atoms with Crippen molar-refractivity contribution in [1.82, 2.24) is 15.1 Å². The molecule has 0 saturated carbocycles. The Balaban J connectivity index is 1.67. The Morgan fingerprint density at radius 3 is 2.83 bits per heavy atom. The molecule has 5 nitrogen and oxygen atoms in total. The summed E-state index contributed by atoms with van der Waals surface area (Å²) in [4.78, 5) is 7.03. The fourth-order valence-electron chi connectivity index (χ4n) is 1.71. The van der Waals surface area contributed by atoms with Crippen molar-refractivity contribution in [2.75, 3.05) is 5.32 Å². The van der Waals surface area contributed by atoms with E-state index in [0.29, 0.717) is 27.7 Å². The Morgan fingerprint density at radius 1 is 1.30 bits per heavy atom. The second-order valence-electron chi connectivity index (χ2n) is 4.40. The Morgan fingerprint density at radius 2 is 2.13 bits per heavy atom. The molecule has 0 bridgehead atoms. The number of anilines is 1. The maximum Gasteiger partial charge on any atom is 0.427 e. The molecule has 0 spiro atoms. The maximum atomic E-state index is 12.5. The van der Waals surface area contributed by atoms with Gasteiger partial charge >= 0.3 is 6.18 Å². The van der Waals surface area contributed by atoms with E-state index < -0.39 is 11.1 Å². The molecule has 0 atom stereocenters. The summed E-state index contributed by atoms with van der Waals surface area (Å²) in [6, 6.07) is 6.92. The van der Waals surface area contributed by atoms with Crippen LogP contribution < -0.4 is 5.32 Å². The maximum absolute atomic E-state index is 12.5. The molecular weight excluding hydrogens is 353 g/mol. The van der Waals surface area contributed by atoms with Gasteiger partial charge in [-0.1, -0.05) is 40.2 Å². The highest BCUT2D eigenvalue weighted by Gasteiger charge is 2.33. The molecule has 3 aromatic rings. The molecule has 0 aliphatic rings. The second kappa shape index (κ2) is 6.17. The van der Waals surface area contributed by atoms with Gasteiger partial charge in [0.15, 0.2) is 5.13 Å². The largest absolute Gasteiger partial charge is 0.427 e. The molecule has 0 fully saturated rings. The van der Waals surface area contributed by atoms with Crippen LogP contribution in [-0.4, -0.2) is 15.1 Å². The number of nitrogens with one attached hydrogen (secondary N) is 1. The standard InChI is InChI=1S/C13H8ClF3N4OS/c14-8-3-1-2-7(4-8)11-20-10(22-21-11)6-19-12-18-5-9(23-12)13(15,16)17/h1-5H,6H2,(H,18,19). The summed E-state index contributed by atoms with van der Waals surface area (Å²) < 4.78 is 42.5. The average Bonchev–Trinajstić information content (AvgIpc) is 3.14. The van der Waals surface area contributed by atoms with Crippen LogP contribution in [0.3, 0.4) is 0 Å². The van der Waals surface area contributed by atoms with Crippen LogP contribution in [0.5, 0.6) is 0 Å². The number of hydrogen-bond acceptors (Lipinski definition) is 6. The first-order valence-electron chi connectivity index (χ1n) is 6.27. The third-order valence-electron chi connectivity index (χ3n) is 2.73. The number of alkyl halides is 3. The zero-order valence-corrected chi connectivity index (χ0v) is 12.8. The second-order valence-corrected chi connectivity index (χ2v) is 5.87. The smallest absolute Gasteiger partial charge is 0.352 e. The molecular formula is C13H8ClF3N4OS. The number of hydrogen-bond donors (Lipinski definition) is 1. The van der Waals surface area contributed by atoms with E-state index in [9.17, 15) is 13.2 Å². The van der Waals surface area contributed by atoms with Crippen molar-refractivity contribution in [2.24, 2.45) is 0 Å². The van der Waals surface area contributed by atoms with Gasteiger partial charge in [-0.3, -0.25) is 0 Å². The molecule has 1 N–H and O–H groups in total. The van der Waals surface area contributed by atoms with Gasteiger partial charge in [-0.15, -0.1) is 0 Å². The highest BCUT2D eigenvalue weighted by molar-refractivity contribution is 7.15. The number of aromatic nitrogens is 3. The highest BCUT2D eigenvalue weighted by atomic mass is 35.5. The molecule has 0 saturated heterocycles. The lowest BCUT2D eigenvalue weighted by molar-refractivity contribution is -0.134. The number of nitrogens with zero attached hydrogens (tertiary/aromatic N) is 3. The lowest BCUT2D eigenvalue weighted by Gasteiger charge is -2.00. The Kier molecular flexibility index (Phi) is 4.22. The van der Waals surface area contributed by atoms with Gasteiger partial charge < -0.3 is 9.84 Å². The summed E-state index contributed by atoms with van der Waals surface area (Å²) in [6.07, 6.45) is -3.62. The van der Waals surface area contributed by atoms with Gasteiger partial charge in [0.05, 0.1) is 12.7 Å². The van der Waals surface area contributed by atoms with E-state index >= 15 is 0 Å². The molecule has 120 valence electrons. The van der Waals surface area contributed by atoms with E-state index in [1.807, 2.05) is 0 Å². The average molecular weight is 361 g/mol. The molecule has 3 rings (SSSR count). The van der Waals surface area contributed by atoms with Gasteiger partial charge in [-0.05, 0) is 12.1 Å². The van der Waals surface area contributed by atoms with E-state index in [1.165, 1.54) is 0 Å². The monoisotopic (exact) mass is 360 g/mol. The number of benzene rings is 1. The molecule has 1 aromatic carbocycles. The SMILES string of the molecule is FC(F)(F)c1cnc(NCc2nc(-c3cccc(Cl)c3)no2)s1. The molecule has 23 heavy (non-hydrogen) atoms. The highest BCUT2D eigenvalue weighted by Crippen LogP contribution is 2.35. The van der Waals surface area contributed by atoms with Crippen molar-refractivity contribution >= 4 is 28.1 Å². The van der Waals surface area contributed by atoms with E-state index in [1.54, 1.807) is 24.3 Å². The zero-order valence-electron chi connectivity index (χ0n) is 11.3. The quantitative estimate of drug-likeness (QED) is 0.743. The molecule has 2 heterocycles. The van der Waals surface area contributed by atoms with Crippen molar-refractivity contribution in [3.8, 4) is 11.4 Å². The fraction of sp³-hybridized carbons (Fsp3) is 0.154. The molecule has 2 aromatic heterocycles. The van der Waals surface area contributed by atoms with Crippen LogP contribution in [0, 0.1) is 0 Å². The minimum Gasteiger partial charge on any atom is -0.352 e. The van der Waals surface area contributed by atoms with Crippen molar-refractivity contribution in [3.63, 3.8) is 0 Å². The van der Waals surface area contributed by atoms with Crippen LogP contribution in [0.25, 0.3) is 11.4 Å². The van der Waals surface area contributed by atoms with Crippen molar-refractivity contribution in [1.29, 1.82) is 0 Å². The molecule has 0 unspecified atom stereocenters. The van der Waals surface area contributed by atoms with Crippen LogP contribution in [0.2, 0.25) is 5.02 Å². The minimum atomic E-state index is -4.40. The van der Waals surface area contributed by atoms with Gasteiger partial charge in [0.2, 0.25) is 11.7 Å². The van der Waals surface area contributed by atoms with Crippen LogP contribution >= 0.6 is 22.9 Å². The molecule has 0 radical (unpaired) electrons. The summed E-state index contributed by atoms with van der Waals surface area (Å²) in [7, 11) is 0. The van der Waals surface area contributed by atoms with Gasteiger partial charge in [0.1, 0.15) is 4.88 Å². The van der Waals surface area contributed by atoms with Crippen LogP contribution in [0.4, 0.5) is 18.3 Å². The molecule has 0 aliphatic carbocycles. The summed E-state index contributed by atoms with van der Waals surface area (Å²) in [5.74, 6) is 0.572. The van der Waals surface area contributed by atoms with Crippen molar-refractivity contribution < 1.29 is 17.7 Å². The van der Waals surface area contributed by atoms with Crippen molar-refractivity contribution in [3.05, 3.63) is 46.3 Å². The topological polar surface area (TPSA) is 63.8 Å². The Labute approximate surface area is 137 Å². The number of rotatable bonds is 4. The Bertz CT molecular complexity index is 817. The van der Waals surface area contributed by atoms with Crippen LogP contribution in [0.1, 0.15) is 10.8 Å². The van der Waals surface area contributed by atoms with E-state index in [-0.39, 0.29) is 17.6 Å². The molecule has 0 amide bonds. The third kappa shape index (κ3) is 3.80. The lowest BCUT2D eigenvalue weighted by Crippen LogP contribution is -2.01. The van der Waals surface area contributed by atoms with Crippen LogP contribution in [0.15, 0.2) is 35.0 Å². The first-order valence-corrected chi connectivity index (χ1v) is 7.47. The minimum absolute atomic E-state index is 0.0678. The van der Waals surface area contributed by atoms with Gasteiger partial charge in [0, 0.05) is 10.6 Å². The summed E-state index contributed by atoms with van der Waals surface area (Å²) >= 11 is 6.39. The van der Waals surface area contributed by atoms with Gasteiger partial charge in [0.25, 0.3) is 0 Å². The van der Waals surface area contributed by atoms with Gasteiger partial charge in [-0.25, -0.2) is 4.98 Å². The Hall–Kier alpha value is -2.13. The molecule has 10 heteroatoms. The third-order valence-corrected chi connectivity index (χ3v) is 3.96. The van der Waals surface area contributed by atoms with Crippen molar-refractivity contribution in [2.45, 2.75) is 12.7 Å². The zero-order chi connectivity index (χ0) is 16.4. The lowest BCUT2D eigenvalue weighted by atomic mass is 10.2. The van der Waals surface area contributed by atoms with Gasteiger partial charge in [-0.2, -0.15) is 18.2 Å². The van der Waals surface area contributed by atoms with Crippen LogP contribution in [-0.2, 0) is 12.7 Å². The first-order chi connectivity index (χ1) is 10.9.